The minimum absolute atomic E-state index is 0.0404. The first kappa shape index (κ1) is 23.9. The smallest absolute Gasteiger partial charge is 0.352 e. The molecule has 2 aromatic heterocycles. The van der Waals surface area contributed by atoms with E-state index in [0.29, 0.717) is 5.82 Å². The normalized spacial score (nSPS) is 14.7. The van der Waals surface area contributed by atoms with Crippen LogP contribution in [0.5, 0.6) is 0 Å². The van der Waals surface area contributed by atoms with Gasteiger partial charge in [0, 0.05) is 6.04 Å². The molecule has 0 unspecified atom stereocenters. The number of hydrogen-bond acceptors (Lipinski definition) is 6. The van der Waals surface area contributed by atoms with Gasteiger partial charge in [-0.2, -0.15) is 18.0 Å². The van der Waals surface area contributed by atoms with Crippen molar-refractivity contribution >= 4 is 28.8 Å². The third-order valence-electron chi connectivity index (χ3n) is 5.54. The predicted molar refractivity (Wildman–Crippen MR) is 120 cm³/mol. The van der Waals surface area contributed by atoms with Gasteiger partial charge in [-0.25, -0.2) is 0 Å². The van der Waals surface area contributed by atoms with Crippen molar-refractivity contribution in [2.45, 2.75) is 50.9 Å². The van der Waals surface area contributed by atoms with Gasteiger partial charge in [0.1, 0.15) is 13.1 Å². The molecule has 34 heavy (non-hydrogen) atoms. The largest absolute Gasteiger partial charge is 0.418 e. The van der Waals surface area contributed by atoms with Crippen LogP contribution in [0.15, 0.2) is 41.8 Å². The number of nitrogens with one attached hydrogen (secondary N) is 1. The number of aromatic nitrogens is 4. The Bertz CT molecular complexity index is 1130. The Morgan fingerprint density at radius 2 is 1.88 bits per heavy atom. The fourth-order valence-corrected chi connectivity index (χ4v) is 4.59. The van der Waals surface area contributed by atoms with Crippen molar-refractivity contribution in [2.75, 3.05) is 11.4 Å². The van der Waals surface area contributed by atoms with E-state index in [2.05, 4.69) is 20.7 Å². The van der Waals surface area contributed by atoms with Crippen molar-refractivity contribution in [2.24, 2.45) is 0 Å². The summed E-state index contributed by atoms with van der Waals surface area (Å²) in [5, 5.41) is 16.6. The molecule has 1 aliphatic rings. The summed E-state index contributed by atoms with van der Waals surface area (Å²) in [6.45, 7) is -1.02. The maximum absolute atomic E-state index is 13.7. The van der Waals surface area contributed by atoms with Crippen molar-refractivity contribution in [1.82, 2.24) is 25.5 Å². The van der Waals surface area contributed by atoms with Gasteiger partial charge in [-0.15, -0.1) is 21.5 Å². The number of benzene rings is 1. The minimum Gasteiger partial charge on any atom is -0.352 e. The first-order valence-electron chi connectivity index (χ1n) is 10.9. The van der Waals surface area contributed by atoms with Crippen LogP contribution in [-0.2, 0) is 22.3 Å². The number of carbonyl (C=O) groups excluding carboxylic acids is 2. The van der Waals surface area contributed by atoms with Gasteiger partial charge in [0.25, 0.3) is 5.91 Å². The van der Waals surface area contributed by atoms with E-state index >= 15 is 0 Å². The second-order valence-electron chi connectivity index (χ2n) is 8.02. The molecule has 1 fully saturated rings. The zero-order valence-corrected chi connectivity index (χ0v) is 19.0. The summed E-state index contributed by atoms with van der Waals surface area (Å²) in [6.07, 6.45) is -0.0222. The van der Waals surface area contributed by atoms with Gasteiger partial charge < -0.3 is 10.2 Å². The average molecular weight is 493 g/mol. The number of nitrogens with zero attached hydrogens (tertiary/aromatic N) is 5. The molecule has 12 heteroatoms. The van der Waals surface area contributed by atoms with Crippen molar-refractivity contribution in [3.63, 3.8) is 0 Å². The number of alkyl halides is 3. The van der Waals surface area contributed by atoms with E-state index in [1.54, 1.807) is 6.07 Å². The summed E-state index contributed by atoms with van der Waals surface area (Å²) >= 11 is 1.39. The van der Waals surface area contributed by atoms with Crippen LogP contribution in [0.3, 0.4) is 0 Å². The van der Waals surface area contributed by atoms with Gasteiger partial charge in [0.15, 0.2) is 0 Å². The van der Waals surface area contributed by atoms with Crippen molar-refractivity contribution in [3.8, 4) is 10.7 Å². The van der Waals surface area contributed by atoms with Crippen LogP contribution >= 0.6 is 11.3 Å². The molecule has 1 saturated carbocycles. The third-order valence-corrected chi connectivity index (χ3v) is 6.41. The molecule has 1 aliphatic carbocycles. The molecule has 8 nitrogen and oxygen atoms in total. The monoisotopic (exact) mass is 492 g/mol. The molecule has 2 heterocycles. The van der Waals surface area contributed by atoms with Crippen LogP contribution in [0.25, 0.3) is 10.7 Å². The number of rotatable bonds is 7. The highest BCUT2D eigenvalue weighted by Crippen LogP contribution is 2.36. The summed E-state index contributed by atoms with van der Waals surface area (Å²) in [4.78, 5) is 28.5. The highest BCUT2D eigenvalue weighted by molar-refractivity contribution is 7.13. The molecule has 0 saturated heterocycles. The van der Waals surface area contributed by atoms with Gasteiger partial charge in [-0.3, -0.25) is 9.59 Å². The molecule has 4 rings (SSSR count). The molecule has 180 valence electrons. The lowest BCUT2D eigenvalue weighted by Gasteiger charge is -2.27. The SMILES string of the molecule is O=C(CN(C(=O)Cn1nnc(-c2cccs2)n1)c1ccccc1C(F)(F)F)NC1CCCCC1. The van der Waals surface area contributed by atoms with Gasteiger partial charge in [0.05, 0.1) is 16.1 Å². The van der Waals surface area contributed by atoms with E-state index in [4.69, 9.17) is 0 Å². The Balaban J connectivity index is 1.57. The minimum atomic E-state index is -4.70. The van der Waals surface area contributed by atoms with E-state index in [9.17, 15) is 22.8 Å². The van der Waals surface area contributed by atoms with Crippen LogP contribution in [-0.4, -0.2) is 44.6 Å². The number of para-hydroxylation sites is 1. The zero-order valence-electron chi connectivity index (χ0n) is 18.2. The molecular weight excluding hydrogens is 469 g/mol. The maximum atomic E-state index is 13.7. The van der Waals surface area contributed by atoms with Crippen LogP contribution < -0.4 is 10.2 Å². The molecule has 0 atom stereocenters. The Morgan fingerprint density at radius 1 is 1.12 bits per heavy atom. The Hall–Kier alpha value is -3.28. The fourth-order valence-electron chi connectivity index (χ4n) is 3.94. The average Bonchev–Trinajstić information content (AvgIpc) is 3.50. The van der Waals surface area contributed by atoms with Gasteiger partial charge in [0.2, 0.25) is 11.7 Å². The van der Waals surface area contributed by atoms with Crippen LogP contribution in [0, 0.1) is 0 Å². The number of tetrazole rings is 1. The number of carbonyl (C=O) groups is 2. The summed E-state index contributed by atoms with van der Waals surface area (Å²) in [6, 6.07) is 8.26. The Morgan fingerprint density at radius 3 is 2.59 bits per heavy atom. The van der Waals surface area contributed by atoms with Crippen LogP contribution in [0.2, 0.25) is 0 Å². The highest BCUT2D eigenvalue weighted by atomic mass is 32.1. The molecular formula is C22H23F3N6O2S. The zero-order chi connectivity index (χ0) is 24.1. The summed E-state index contributed by atoms with van der Waals surface area (Å²) in [5.74, 6) is -0.964. The van der Waals surface area contributed by atoms with E-state index < -0.39 is 42.3 Å². The van der Waals surface area contributed by atoms with E-state index in [0.717, 1.165) is 52.7 Å². The maximum Gasteiger partial charge on any atom is 0.418 e. The standard InChI is InChI=1S/C22H23F3N6O2S/c23-22(24,25)16-9-4-5-10-17(16)30(13-19(32)26-15-7-2-1-3-8-15)20(33)14-31-28-21(27-29-31)18-11-6-12-34-18/h4-6,9-12,15H,1-3,7-8,13-14H2,(H,26,32). The van der Waals surface area contributed by atoms with E-state index in [1.165, 1.54) is 29.5 Å². The first-order valence-corrected chi connectivity index (χ1v) is 11.8. The number of thiophene rings is 1. The van der Waals surface area contributed by atoms with Crippen LogP contribution in [0.1, 0.15) is 37.7 Å². The van der Waals surface area contributed by atoms with Crippen molar-refractivity contribution in [1.29, 1.82) is 0 Å². The molecule has 0 radical (unpaired) electrons. The predicted octanol–water partition coefficient (Wildman–Crippen LogP) is 3.90. The van der Waals surface area contributed by atoms with Gasteiger partial charge in [-0.05, 0) is 41.6 Å². The van der Waals surface area contributed by atoms with E-state index in [1.807, 2.05) is 11.4 Å². The molecule has 0 spiro atoms. The van der Waals surface area contributed by atoms with Crippen molar-refractivity contribution < 1.29 is 22.8 Å². The molecule has 1 aromatic carbocycles. The third kappa shape index (κ3) is 5.79. The second-order valence-corrected chi connectivity index (χ2v) is 8.97. The molecule has 1 N–H and O–H groups in total. The fraction of sp³-hybridized carbons (Fsp3) is 0.409. The van der Waals surface area contributed by atoms with Crippen molar-refractivity contribution in [3.05, 3.63) is 47.3 Å². The summed E-state index contributed by atoms with van der Waals surface area (Å²) in [5.41, 5.74) is -1.39. The Labute approximate surface area is 197 Å². The second kappa shape index (κ2) is 10.3. The first-order chi connectivity index (χ1) is 16.3. The van der Waals surface area contributed by atoms with Gasteiger partial charge >= 0.3 is 6.18 Å². The highest BCUT2D eigenvalue weighted by Gasteiger charge is 2.36. The molecule has 3 aromatic rings. The Kier molecular flexibility index (Phi) is 7.25. The lowest BCUT2D eigenvalue weighted by atomic mass is 9.95. The topological polar surface area (TPSA) is 93.0 Å². The lowest BCUT2D eigenvalue weighted by molar-refractivity contribution is -0.137. The quantitative estimate of drug-likeness (QED) is 0.540. The number of anilines is 1. The van der Waals surface area contributed by atoms with Gasteiger partial charge in [-0.1, -0.05) is 37.5 Å². The summed E-state index contributed by atoms with van der Waals surface area (Å²) < 4.78 is 41.1. The number of hydrogen-bond donors (Lipinski definition) is 1. The summed E-state index contributed by atoms with van der Waals surface area (Å²) in [7, 11) is 0. The van der Waals surface area contributed by atoms with Crippen LogP contribution in [0.4, 0.5) is 18.9 Å². The lowest BCUT2D eigenvalue weighted by Crippen LogP contribution is -2.46. The molecule has 0 aliphatic heterocycles. The molecule has 2 amide bonds. The number of amides is 2. The number of halogens is 3. The van der Waals surface area contributed by atoms with E-state index in [-0.39, 0.29) is 6.04 Å². The molecule has 0 bridgehead atoms.